The van der Waals surface area contributed by atoms with E-state index in [-0.39, 0.29) is 11.8 Å². The van der Waals surface area contributed by atoms with Gasteiger partial charge in [0.2, 0.25) is 0 Å². The van der Waals surface area contributed by atoms with Gasteiger partial charge in [-0.05, 0) is 36.8 Å². The van der Waals surface area contributed by atoms with Crippen molar-refractivity contribution in [2.24, 2.45) is 5.92 Å². The van der Waals surface area contributed by atoms with Crippen LogP contribution in [0.5, 0.6) is 0 Å². The summed E-state index contributed by atoms with van der Waals surface area (Å²) in [4.78, 5) is 0. The monoisotopic (exact) mass is 257 g/mol. The second kappa shape index (κ2) is 5.31. The average molecular weight is 257 g/mol. The molecule has 0 radical (unpaired) electrons. The molecule has 1 aromatic carbocycles. The topological polar surface area (TPSA) is 12.0 Å². The van der Waals surface area contributed by atoms with Gasteiger partial charge < -0.3 is 5.32 Å². The fourth-order valence-corrected chi connectivity index (χ4v) is 2.48. The highest BCUT2D eigenvalue weighted by Gasteiger charge is 2.54. The van der Waals surface area contributed by atoms with Crippen molar-refractivity contribution in [1.29, 1.82) is 0 Å². The molecule has 4 heteroatoms. The van der Waals surface area contributed by atoms with Gasteiger partial charge in [0.15, 0.2) is 0 Å². The standard InChI is InChI=1S/C14H18F3N/c1-2-8-18-13(14(15,16)17)12-9-11(12)10-6-4-3-5-7-10/h3-7,11-13,18H,2,8-9H2,1H3. The van der Waals surface area contributed by atoms with E-state index in [1.807, 2.05) is 37.3 Å². The molecule has 3 atom stereocenters. The number of rotatable bonds is 5. The van der Waals surface area contributed by atoms with Gasteiger partial charge in [0.1, 0.15) is 6.04 Å². The first-order chi connectivity index (χ1) is 8.54. The van der Waals surface area contributed by atoms with Crippen molar-refractivity contribution in [1.82, 2.24) is 5.32 Å². The first kappa shape index (κ1) is 13.4. The fraction of sp³-hybridized carbons (Fsp3) is 0.571. The molecule has 1 aromatic rings. The maximum absolute atomic E-state index is 13.0. The molecule has 0 bridgehead atoms. The largest absolute Gasteiger partial charge is 0.404 e. The van der Waals surface area contributed by atoms with Gasteiger partial charge in [0.25, 0.3) is 0 Å². The predicted molar refractivity (Wildman–Crippen MR) is 65.4 cm³/mol. The molecule has 1 aliphatic rings. The third-order valence-electron chi connectivity index (χ3n) is 3.46. The summed E-state index contributed by atoms with van der Waals surface area (Å²) in [6.45, 7) is 2.30. The molecule has 1 N–H and O–H groups in total. The van der Waals surface area contributed by atoms with Crippen molar-refractivity contribution in [3.05, 3.63) is 35.9 Å². The molecule has 0 aliphatic heterocycles. The summed E-state index contributed by atoms with van der Waals surface area (Å²) in [6, 6.07) is 8.12. The first-order valence-corrected chi connectivity index (χ1v) is 6.39. The van der Waals surface area contributed by atoms with E-state index in [2.05, 4.69) is 5.32 Å². The van der Waals surface area contributed by atoms with E-state index in [4.69, 9.17) is 0 Å². The second-order valence-electron chi connectivity index (χ2n) is 4.89. The molecule has 3 unspecified atom stereocenters. The normalized spacial score (nSPS) is 24.9. The smallest absolute Gasteiger partial charge is 0.306 e. The zero-order valence-electron chi connectivity index (χ0n) is 10.4. The van der Waals surface area contributed by atoms with E-state index >= 15 is 0 Å². The fourth-order valence-electron chi connectivity index (χ4n) is 2.48. The minimum atomic E-state index is -4.15. The quantitative estimate of drug-likeness (QED) is 0.847. The Bertz CT molecular complexity index is 374. The van der Waals surface area contributed by atoms with Crippen LogP contribution in [0.25, 0.3) is 0 Å². The third-order valence-corrected chi connectivity index (χ3v) is 3.46. The van der Waals surface area contributed by atoms with Crippen LogP contribution in [0.3, 0.4) is 0 Å². The van der Waals surface area contributed by atoms with Crippen LogP contribution in [0.1, 0.15) is 31.2 Å². The summed E-state index contributed by atoms with van der Waals surface area (Å²) < 4.78 is 38.9. The van der Waals surface area contributed by atoms with Gasteiger partial charge >= 0.3 is 6.18 Å². The molecular weight excluding hydrogens is 239 g/mol. The molecule has 0 aromatic heterocycles. The van der Waals surface area contributed by atoms with Crippen LogP contribution in [0.15, 0.2) is 30.3 Å². The Kier molecular flexibility index (Phi) is 3.95. The Balaban J connectivity index is 2.02. The zero-order valence-corrected chi connectivity index (χ0v) is 10.4. The molecule has 100 valence electrons. The number of hydrogen-bond donors (Lipinski definition) is 1. The molecule has 2 rings (SSSR count). The molecule has 0 amide bonds. The maximum Gasteiger partial charge on any atom is 0.404 e. The van der Waals surface area contributed by atoms with Crippen LogP contribution in [-0.4, -0.2) is 18.8 Å². The van der Waals surface area contributed by atoms with Crippen molar-refractivity contribution in [3.63, 3.8) is 0 Å². The molecule has 18 heavy (non-hydrogen) atoms. The van der Waals surface area contributed by atoms with Crippen molar-refractivity contribution in [2.75, 3.05) is 6.54 Å². The molecule has 1 fully saturated rings. The molecule has 0 heterocycles. The minimum Gasteiger partial charge on any atom is -0.306 e. The number of benzene rings is 1. The van der Waals surface area contributed by atoms with Crippen LogP contribution >= 0.6 is 0 Å². The highest BCUT2D eigenvalue weighted by atomic mass is 19.4. The van der Waals surface area contributed by atoms with Gasteiger partial charge in [0.05, 0.1) is 0 Å². The lowest BCUT2D eigenvalue weighted by molar-refractivity contribution is -0.160. The van der Waals surface area contributed by atoms with Gasteiger partial charge in [-0.3, -0.25) is 0 Å². The van der Waals surface area contributed by atoms with Gasteiger partial charge in [0, 0.05) is 0 Å². The van der Waals surface area contributed by atoms with Crippen LogP contribution in [0, 0.1) is 5.92 Å². The van der Waals surface area contributed by atoms with Crippen LogP contribution < -0.4 is 5.32 Å². The molecule has 1 saturated carbocycles. The van der Waals surface area contributed by atoms with Gasteiger partial charge in [-0.2, -0.15) is 13.2 Å². The van der Waals surface area contributed by atoms with Crippen molar-refractivity contribution < 1.29 is 13.2 Å². The highest BCUT2D eigenvalue weighted by Crippen LogP contribution is 2.52. The highest BCUT2D eigenvalue weighted by molar-refractivity contribution is 5.27. The van der Waals surface area contributed by atoms with E-state index in [0.29, 0.717) is 13.0 Å². The minimum absolute atomic E-state index is 0.0576. The maximum atomic E-state index is 13.0. The van der Waals surface area contributed by atoms with Crippen LogP contribution in [0.4, 0.5) is 13.2 Å². The Morgan fingerprint density at radius 1 is 1.28 bits per heavy atom. The SMILES string of the molecule is CCCNC(C1CC1c1ccccc1)C(F)(F)F. The number of hydrogen-bond acceptors (Lipinski definition) is 1. The summed E-state index contributed by atoms with van der Waals surface area (Å²) in [7, 11) is 0. The lowest BCUT2D eigenvalue weighted by Crippen LogP contribution is -2.44. The average Bonchev–Trinajstić information content (AvgIpc) is 3.09. The van der Waals surface area contributed by atoms with E-state index < -0.39 is 12.2 Å². The molecule has 1 aliphatic carbocycles. The van der Waals surface area contributed by atoms with E-state index in [0.717, 1.165) is 12.0 Å². The van der Waals surface area contributed by atoms with Crippen LogP contribution in [0.2, 0.25) is 0 Å². The number of alkyl halides is 3. The van der Waals surface area contributed by atoms with Crippen molar-refractivity contribution in [2.45, 2.75) is 37.9 Å². The van der Waals surface area contributed by atoms with Crippen LogP contribution in [-0.2, 0) is 0 Å². The summed E-state index contributed by atoms with van der Waals surface area (Å²) in [5.41, 5.74) is 1.02. The van der Waals surface area contributed by atoms with Gasteiger partial charge in [-0.1, -0.05) is 37.3 Å². The lowest BCUT2D eigenvalue weighted by Gasteiger charge is -2.21. The molecule has 0 saturated heterocycles. The van der Waals surface area contributed by atoms with E-state index in [1.165, 1.54) is 0 Å². The molecule has 0 spiro atoms. The Labute approximate surface area is 105 Å². The number of nitrogens with one attached hydrogen (secondary N) is 1. The molecule has 1 nitrogen and oxygen atoms in total. The van der Waals surface area contributed by atoms with Crippen molar-refractivity contribution in [3.8, 4) is 0 Å². The summed E-state index contributed by atoms with van der Waals surface area (Å²) >= 11 is 0. The summed E-state index contributed by atoms with van der Waals surface area (Å²) in [5.74, 6) is -0.249. The van der Waals surface area contributed by atoms with E-state index in [9.17, 15) is 13.2 Å². The van der Waals surface area contributed by atoms with Gasteiger partial charge in [-0.15, -0.1) is 0 Å². The van der Waals surface area contributed by atoms with Crippen molar-refractivity contribution >= 4 is 0 Å². The Hall–Kier alpha value is -1.03. The van der Waals surface area contributed by atoms with E-state index in [1.54, 1.807) is 0 Å². The van der Waals surface area contributed by atoms with Gasteiger partial charge in [-0.25, -0.2) is 0 Å². The summed E-state index contributed by atoms with van der Waals surface area (Å²) in [6.07, 6.45) is -2.80. The third kappa shape index (κ3) is 3.05. The number of halogens is 3. The second-order valence-corrected chi connectivity index (χ2v) is 4.89. The zero-order chi connectivity index (χ0) is 13.2. The Morgan fingerprint density at radius 3 is 2.50 bits per heavy atom. The molecular formula is C14H18F3N. The lowest BCUT2D eigenvalue weighted by atomic mass is 10.0. The first-order valence-electron chi connectivity index (χ1n) is 6.39. The Morgan fingerprint density at radius 2 is 1.94 bits per heavy atom. The predicted octanol–water partition coefficient (Wildman–Crippen LogP) is 3.72. The summed E-state index contributed by atoms with van der Waals surface area (Å²) in [5, 5.41) is 2.65.